The number of carboxylic acid groups (broad SMARTS) is 1. The van der Waals surface area contributed by atoms with Crippen LogP contribution in [0.3, 0.4) is 0 Å². The molecule has 0 aliphatic heterocycles. The number of nitro groups is 1. The fraction of sp³-hybridized carbons (Fsp3) is 0.222. The highest BCUT2D eigenvalue weighted by molar-refractivity contribution is 5.74. The van der Waals surface area contributed by atoms with Crippen molar-refractivity contribution in [3.8, 4) is 0 Å². The summed E-state index contributed by atoms with van der Waals surface area (Å²) in [5, 5.41) is 28.1. The Morgan fingerprint density at radius 1 is 1.56 bits per heavy atom. The summed E-state index contributed by atoms with van der Waals surface area (Å²) in [5.41, 5.74) is -0.991. The van der Waals surface area contributed by atoms with E-state index in [1.807, 2.05) is 0 Å². The Hall–Kier alpha value is -2.02. The van der Waals surface area contributed by atoms with Crippen LogP contribution >= 0.6 is 0 Å². The van der Waals surface area contributed by atoms with Gasteiger partial charge in [-0.25, -0.2) is 4.79 Å². The molecule has 0 saturated carbocycles. The van der Waals surface area contributed by atoms with Gasteiger partial charge in [-0.1, -0.05) is 0 Å². The van der Waals surface area contributed by atoms with Crippen molar-refractivity contribution in [2.24, 2.45) is 0 Å². The van der Waals surface area contributed by atoms with Crippen molar-refractivity contribution in [3.05, 3.63) is 39.2 Å². The SMILES string of the molecule is Cc1cc(C(O)C(=O)O)cc(F)c1[N+](=O)[O-]. The van der Waals surface area contributed by atoms with Crippen molar-refractivity contribution in [3.63, 3.8) is 0 Å². The van der Waals surface area contributed by atoms with Gasteiger partial charge < -0.3 is 10.2 Å². The molecule has 0 saturated heterocycles. The Labute approximate surface area is 89.1 Å². The standard InChI is InChI=1S/C9H8FNO5/c1-4-2-5(8(12)9(13)14)3-6(10)7(4)11(15)16/h2-3,8,12H,1H3,(H,13,14). The molecule has 7 heteroatoms. The van der Waals surface area contributed by atoms with Crippen LogP contribution in [0.25, 0.3) is 0 Å². The highest BCUT2D eigenvalue weighted by atomic mass is 19.1. The molecule has 0 aliphatic rings. The maximum atomic E-state index is 13.2. The zero-order chi connectivity index (χ0) is 12.5. The van der Waals surface area contributed by atoms with E-state index in [0.717, 1.165) is 6.07 Å². The summed E-state index contributed by atoms with van der Waals surface area (Å²) in [6.07, 6.45) is -1.89. The minimum Gasteiger partial charge on any atom is -0.479 e. The zero-order valence-corrected chi connectivity index (χ0v) is 8.18. The Morgan fingerprint density at radius 3 is 2.50 bits per heavy atom. The monoisotopic (exact) mass is 229 g/mol. The molecule has 0 radical (unpaired) electrons. The Balaban J connectivity index is 3.30. The Bertz CT molecular complexity index is 436. The summed E-state index contributed by atoms with van der Waals surface area (Å²) >= 11 is 0. The van der Waals surface area contributed by atoms with E-state index >= 15 is 0 Å². The van der Waals surface area contributed by atoms with Crippen LogP contribution in [-0.4, -0.2) is 21.1 Å². The van der Waals surface area contributed by atoms with E-state index in [9.17, 15) is 19.3 Å². The summed E-state index contributed by atoms with van der Waals surface area (Å²) in [7, 11) is 0. The lowest BCUT2D eigenvalue weighted by atomic mass is 10.0. The predicted molar refractivity (Wildman–Crippen MR) is 50.4 cm³/mol. The summed E-state index contributed by atoms with van der Waals surface area (Å²) in [4.78, 5) is 20.0. The van der Waals surface area contributed by atoms with Crippen LogP contribution in [0, 0.1) is 22.9 Å². The second-order valence-corrected chi connectivity index (χ2v) is 3.17. The number of aliphatic hydroxyl groups excluding tert-OH is 1. The Morgan fingerprint density at radius 2 is 2.12 bits per heavy atom. The van der Waals surface area contributed by atoms with Crippen molar-refractivity contribution < 1.29 is 24.3 Å². The molecule has 0 aliphatic carbocycles. The van der Waals surface area contributed by atoms with Crippen LogP contribution in [0.4, 0.5) is 10.1 Å². The van der Waals surface area contributed by atoms with Crippen LogP contribution in [-0.2, 0) is 4.79 Å². The van der Waals surface area contributed by atoms with E-state index in [1.165, 1.54) is 6.92 Å². The minimum atomic E-state index is -1.89. The summed E-state index contributed by atoms with van der Waals surface area (Å²) < 4.78 is 13.2. The van der Waals surface area contributed by atoms with Crippen LogP contribution in [0.2, 0.25) is 0 Å². The van der Waals surface area contributed by atoms with E-state index in [-0.39, 0.29) is 11.1 Å². The third-order valence-corrected chi connectivity index (χ3v) is 2.01. The number of nitro benzene ring substituents is 1. The molecule has 1 aromatic carbocycles. The molecule has 0 amide bonds. The molecule has 0 fully saturated rings. The molecule has 16 heavy (non-hydrogen) atoms. The first-order chi connectivity index (χ1) is 7.34. The molecular weight excluding hydrogens is 221 g/mol. The summed E-state index contributed by atoms with van der Waals surface area (Å²) in [6, 6.07) is 1.71. The first kappa shape index (κ1) is 12.1. The second-order valence-electron chi connectivity index (χ2n) is 3.17. The quantitative estimate of drug-likeness (QED) is 0.598. The summed E-state index contributed by atoms with van der Waals surface area (Å²) in [6.45, 7) is 1.26. The average Bonchev–Trinajstić information content (AvgIpc) is 2.14. The molecule has 0 bridgehead atoms. The number of hydrogen-bond donors (Lipinski definition) is 2. The fourth-order valence-electron chi connectivity index (χ4n) is 1.29. The van der Waals surface area contributed by atoms with Gasteiger partial charge in [0.2, 0.25) is 5.82 Å². The lowest BCUT2D eigenvalue weighted by Gasteiger charge is -2.07. The van der Waals surface area contributed by atoms with Crippen LogP contribution in [0.1, 0.15) is 17.2 Å². The van der Waals surface area contributed by atoms with Gasteiger partial charge in [-0.05, 0) is 24.6 Å². The van der Waals surface area contributed by atoms with Crippen molar-refractivity contribution in [2.45, 2.75) is 13.0 Å². The number of hydrogen-bond acceptors (Lipinski definition) is 4. The van der Waals surface area contributed by atoms with Gasteiger partial charge in [0.25, 0.3) is 0 Å². The van der Waals surface area contributed by atoms with Crippen molar-refractivity contribution in [1.29, 1.82) is 0 Å². The fourth-order valence-corrected chi connectivity index (χ4v) is 1.29. The van der Waals surface area contributed by atoms with Gasteiger partial charge in [-0.15, -0.1) is 0 Å². The van der Waals surface area contributed by atoms with Crippen molar-refractivity contribution in [1.82, 2.24) is 0 Å². The Kier molecular flexibility index (Phi) is 3.19. The normalized spacial score (nSPS) is 12.2. The molecule has 0 aromatic heterocycles. The third-order valence-electron chi connectivity index (χ3n) is 2.01. The molecule has 1 aromatic rings. The zero-order valence-electron chi connectivity index (χ0n) is 8.18. The van der Waals surface area contributed by atoms with Gasteiger partial charge in [0.05, 0.1) is 4.92 Å². The number of aliphatic carboxylic acids is 1. The number of aryl methyl sites for hydroxylation is 1. The molecule has 0 spiro atoms. The second kappa shape index (κ2) is 4.23. The number of halogens is 1. The van der Waals surface area contributed by atoms with E-state index < -0.39 is 28.5 Å². The molecule has 2 N–H and O–H groups in total. The topological polar surface area (TPSA) is 101 Å². The minimum absolute atomic E-state index is 0.0414. The maximum absolute atomic E-state index is 13.2. The molecule has 1 atom stereocenters. The van der Waals surface area contributed by atoms with Gasteiger partial charge in [0.1, 0.15) is 0 Å². The average molecular weight is 229 g/mol. The summed E-state index contributed by atoms with van der Waals surface area (Å²) in [5.74, 6) is -2.71. The van der Waals surface area contributed by atoms with Gasteiger partial charge in [0.15, 0.2) is 6.10 Å². The smallest absolute Gasteiger partial charge is 0.337 e. The van der Waals surface area contributed by atoms with Crippen LogP contribution < -0.4 is 0 Å². The van der Waals surface area contributed by atoms with Gasteiger partial charge >= 0.3 is 11.7 Å². The van der Waals surface area contributed by atoms with Crippen molar-refractivity contribution in [2.75, 3.05) is 0 Å². The first-order valence-electron chi connectivity index (χ1n) is 4.20. The molecular formula is C9H8FNO5. The molecule has 86 valence electrons. The number of benzene rings is 1. The predicted octanol–water partition coefficient (Wildman–Crippen LogP) is 1.16. The third kappa shape index (κ3) is 2.14. The number of carboxylic acids is 1. The highest BCUT2D eigenvalue weighted by Crippen LogP contribution is 2.26. The number of nitrogens with zero attached hydrogens (tertiary/aromatic N) is 1. The largest absolute Gasteiger partial charge is 0.479 e. The van der Waals surface area contributed by atoms with E-state index in [2.05, 4.69) is 0 Å². The van der Waals surface area contributed by atoms with E-state index in [4.69, 9.17) is 10.2 Å². The van der Waals surface area contributed by atoms with Crippen LogP contribution in [0.15, 0.2) is 12.1 Å². The van der Waals surface area contributed by atoms with Gasteiger partial charge in [-0.3, -0.25) is 10.1 Å². The first-order valence-corrected chi connectivity index (χ1v) is 4.20. The number of aliphatic hydroxyl groups is 1. The van der Waals surface area contributed by atoms with E-state index in [1.54, 1.807) is 0 Å². The van der Waals surface area contributed by atoms with Gasteiger partial charge in [0, 0.05) is 5.56 Å². The molecule has 0 heterocycles. The highest BCUT2D eigenvalue weighted by Gasteiger charge is 2.23. The molecule has 1 unspecified atom stereocenters. The maximum Gasteiger partial charge on any atom is 0.337 e. The molecule has 6 nitrogen and oxygen atoms in total. The van der Waals surface area contributed by atoms with Crippen LogP contribution in [0.5, 0.6) is 0 Å². The number of carbonyl (C=O) groups is 1. The van der Waals surface area contributed by atoms with Crippen molar-refractivity contribution >= 4 is 11.7 Å². The number of rotatable bonds is 3. The lowest BCUT2D eigenvalue weighted by Crippen LogP contribution is -2.11. The van der Waals surface area contributed by atoms with E-state index in [0.29, 0.717) is 6.07 Å². The van der Waals surface area contributed by atoms with Gasteiger partial charge in [-0.2, -0.15) is 4.39 Å². The lowest BCUT2D eigenvalue weighted by molar-refractivity contribution is -0.388. The molecule has 1 rings (SSSR count).